The first kappa shape index (κ1) is 15.5. The van der Waals surface area contributed by atoms with Crippen molar-refractivity contribution in [3.8, 4) is 11.3 Å². The quantitative estimate of drug-likeness (QED) is 0.672. The zero-order chi connectivity index (χ0) is 16.6. The van der Waals surface area contributed by atoms with Crippen LogP contribution in [0.2, 0.25) is 0 Å². The highest BCUT2D eigenvalue weighted by molar-refractivity contribution is 5.94. The third-order valence-corrected chi connectivity index (χ3v) is 4.77. The number of amidine groups is 1. The van der Waals surface area contributed by atoms with Crippen LogP contribution in [0, 0.1) is 19.3 Å². The van der Waals surface area contributed by atoms with E-state index >= 15 is 0 Å². The van der Waals surface area contributed by atoms with E-state index in [0.29, 0.717) is 5.56 Å². The summed E-state index contributed by atoms with van der Waals surface area (Å²) in [4.78, 5) is 12.9. The molecule has 0 spiro atoms. The van der Waals surface area contributed by atoms with Crippen LogP contribution in [0.3, 0.4) is 0 Å². The van der Waals surface area contributed by atoms with Gasteiger partial charge in [0.15, 0.2) is 0 Å². The van der Waals surface area contributed by atoms with Gasteiger partial charge in [0.1, 0.15) is 5.84 Å². The lowest BCUT2D eigenvalue weighted by Gasteiger charge is -2.21. The van der Waals surface area contributed by atoms with Gasteiger partial charge in [0.2, 0.25) is 0 Å². The molecule has 1 saturated carbocycles. The summed E-state index contributed by atoms with van der Waals surface area (Å²) in [5.74, 6) is -0.158. The van der Waals surface area contributed by atoms with E-state index < -0.39 is 0 Å². The van der Waals surface area contributed by atoms with Crippen LogP contribution < -0.4 is 11.3 Å². The SMILES string of the molecule is Cc1ccc(C)c(-c2ccc(C(=N)N)c(=O)n2C2CCCC2)c1. The molecule has 0 aliphatic heterocycles. The predicted octanol–water partition coefficient (Wildman–Crippen LogP) is 3.53. The Hall–Kier alpha value is -2.36. The number of pyridine rings is 1. The summed E-state index contributed by atoms with van der Waals surface area (Å²) in [6, 6.07) is 10.1. The van der Waals surface area contributed by atoms with E-state index in [-0.39, 0.29) is 17.4 Å². The van der Waals surface area contributed by atoms with Crippen LogP contribution in [0.1, 0.15) is 48.4 Å². The van der Waals surface area contributed by atoms with Crippen LogP contribution in [-0.4, -0.2) is 10.4 Å². The van der Waals surface area contributed by atoms with Crippen LogP contribution in [0.15, 0.2) is 35.1 Å². The van der Waals surface area contributed by atoms with Gasteiger partial charge >= 0.3 is 0 Å². The van der Waals surface area contributed by atoms with E-state index in [1.54, 1.807) is 6.07 Å². The van der Waals surface area contributed by atoms with Gasteiger partial charge in [-0.15, -0.1) is 0 Å². The minimum atomic E-state index is -0.158. The van der Waals surface area contributed by atoms with Crippen molar-refractivity contribution in [2.24, 2.45) is 5.73 Å². The second-order valence-corrected chi connectivity index (χ2v) is 6.48. The Morgan fingerprint density at radius 2 is 1.87 bits per heavy atom. The highest BCUT2D eigenvalue weighted by Gasteiger charge is 2.23. The Labute approximate surface area is 136 Å². The number of benzene rings is 1. The Kier molecular flexibility index (Phi) is 4.07. The van der Waals surface area contributed by atoms with Gasteiger partial charge in [-0.2, -0.15) is 0 Å². The first-order valence-corrected chi connectivity index (χ1v) is 8.16. The Balaban J connectivity index is 2.28. The molecule has 3 N–H and O–H groups in total. The summed E-state index contributed by atoms with van der Waals surface area (Å²) in [6.07, 6.45) is 4.32. The van der Waals surface area contributed by atoms with Gasteiger partial charge in [0.05, 0.1) is 11.3 Å². The number of nitrogen functional groups attached to an aromatic ring is 1. The molecule has 1 aliphatic carbocycles. The lowest BCUT2D eigenvalue weighted by molar-refractivity contribution is 0.507. The summed E-state index contributed by atoms with van der Waals surface area (Å²) in [6.45, 7) is 4.13. The molecule has 1 aromatic carbocycles. The van der Waals surface area contributed by atoms with Crippen LogP contribution >= 0.6 is 0 Å². The fourth-order valence-electron chi connectivity index (χ4n) is 3.51. The lowest BCUT2D eigenvalue weighted by Crippen LogP contribution is -2.32. The van der Waals surface area contributed by atoms with Gasteiger partial charge in [0, 0.05) is 11.6 Å². The smallest absolute Gasteiger partial charge is 0.262 e. The molecule has 2 aromatic rings. The van der Waals surface area contributed by atoms with E-state index in [1.807, 2.05) is 10.6 Å². The van der Waals surface area contributed by atoms with Crippen molar-refractivity contribution < 1.29 is 0 Å². The second-order valence-electron chi connectivity index (χ2n) is 6.48. The molecule has 0 bridgehead atoms. The summed E-state index contributed by atoms with van der Waals surface area (Å²) in [7, 11) is 0. The molecule has 3 rings (SSSR count). The molecule has 0 amide bonds. The average molecular weight is 309 g/mol. The number of hydrogen-bond acceptors (Lipinski definition) is 2. The van der Waals surface area contributed by atoms with Crippen LogP contribution in [0.5, 0.6) is 0 Å². The van der Waals surface area contributed by atoms with Crippen molar-refractivity contribution in [1.29, 1.82) is 5.41 Å². The summed E-state index contributed by atoms with van der Waals surface area (Å²) in [5, 5.41) is 7.66. The molecule has 0 radical (unpaired) electrons. The van der Waals surface area contributed by atoms with Gasteiger partial charge in [-0.25, -0.2) is 0 Å². The molecule has 4 nitrogen and oxygen atoms in total. The molecule has 1 heterocycles. The van der Waals surface area contributed by atoms with Crippen molar-refractivity contribution in [2.45, 2.75) is 45.6 Å². The van der Waals surface area contributed by atoms with E-state index in [2.05, 4.69) is 32.0 Å². The van der Waals surface area contributed by atoms with Crippen LogP contribution in [0.4, 0.5) is 0 Å². The van der Waals surface area contributed by atoms with Gasteiger partial charge < -0.3 is 10.3 Å². The number of rotatable bonds is 3. The Morgan fingerprint density at radius 1 is 1.17 bits per heavy atom. The molecule has 0 atom stereocenters. The third-order valence-electron chi connectivity index (χ3n) is 4.77. The number of nitrogens with two attached hydrogens (primary N) is 1. The molecular formula is C19H23N3O. The Morgan fingerprint density at radius 3 is 2.52 bits per heavy atom. The number of aromatic nitrogens is 1. The number of nitrogens with zero attached hydrogens (tertiary/aromatic N) is 1. The van der Waals surface area contributed by atoms with E-state index in [4.69, 9.17) is 11.1 Å². The normalized spacial score (nSPS) is 15.0. The summed E-state index contributed by atoms with van der Waals surface area (Å²) >= 11 is 0. The van der Waals surface area contributed by atoms with Crippen LogP contribution in [-0.2, 0) is 0 Å². The first-order chi connectivity index (χ1) is 11.0. The third kappa shape index (κ3) is 2.81. The molecule has 23 heavy (non-hydrogen) atoms. The molecule has 1 aliphatic rings. The van der Waals surface area contributed by atoms with E-state index in [1.165, 1.54) is 5.56 Å². The zero-order valence-corrected chi connectivity index (χ0v) is 13.7. The maximum Gasteiger partial charge on any atom is 0.262 e. The highest BCUT2D eigenvalue weighted by Crippen LogP contribution is 2.33. The van der Waals surface area contributed by atoms with Gasteiger partial charge in [-0.05, 0) is 50.5 Å². The molecule has 1 aromatic heterocycles. The topological polar surface area (TPSA) is 71.9 Å². The largest absolute Gasteiger partial charge is 0.384 e. The van der Waals surface area contributed by atoms with Gasteiger partial charge in [-0.1, -0.05) is 30.5 Å². The molecular weight excluding hydrogens is 286 g/mol. The van der Waals surface area contributed by atoms with E-state index in [0.717, 1.165) is 42.5 Å². The molecule has 0 saturated heterocycles. The minimum absolute atomic E-state index is 0.136. The molecule has 1 fully saturated rings. The standard InChI is InChI=1S/C19H23N3O/c1-12-7-8-13(2)16(11-12)17-10-9-15(18(20)21)19(23)22(17)14-5-3-4-6-14/h7-11,14H,3-6H2,1-2H3,(H3,20,21). The second kappa shape index (κ2) is 6.03. The highest BCUT2D eigenvalue weighted by atomic mass is 16.1. The first-order valence-electron chi connectivity index (χ1n) is 8.16. The molecule has 0 unspecified atom stereocenters. The lowest BCUT2D eigenvalue weighted by atomic mass is 10.0. The number of hydrogen-bond donors (Lipinski definition) is 2. The number of nitrogens with one attached hydrogen (secondary N) is 1. The maximum absolute atomic E-state index is 12.9. The van der Waals surface area contributed by atoms with Gasteiger partial charge in [-0.3, -0.25) is 10.2 Å². The van der Waals surface area contributed by atoms with Crippen molar-refractivity contribution in [3.05, 3.63) is 57.4 Å². The fraction of sp³-hybridized carbons (Fsp3) is 0.368. The summed E-state index contributed by atoms with van der Waals surface area (Å²) in [5.41, 5.74) is 10.1. The monoisotopic (exact) mass is 309 g/mol. The molecule has 120 valence electrons. The van der Waals surface area contributed by atoms with Gasteiger partial charge in [0.25, 0.3) is 5.56 Å². The predicted molar refractivity (Wildman–Crippen MR) is 94.1 cm³/mol. The average Bonchev–Trinajstić information content (AvgIpc) is 3.03. The van der Waals surface area contributed by atoms with Crippen molar-refractivity contribution >= 4 is 5.84 Å². The molecule has 4 heteroatoms. The summed E-state index contributed by atoms with van der Waals surface area (Å²) < 4.78 is 1.88. The Bertz CT molecular complexity index is 814. The minimum Gasteiger partial charge on any atom is -0.384 e. The van der Waals surface area contributed by atoms with Crippen molar-refractivity contribution in [1.82, 2.24) is 4.57 Å². The fourth-order valence-corrected chi connectivity index (χ4v) is 3.51. The van der Waals surface area contributed by atoms with E-state index in [9.17, 15) is 4.79 Å². The van der Waals surface area contributed by atoms with Crippen molar-refractivity contribution in [3.63, 3.8) is 0 Å². The zero-order valence-electron chi connectivity index (χ0n) is 13.7. The van der Waals surface area contributed by atoms with Crippen LogP contribution in [0.25, 0.3) is 11.3 Å². The number of aryl methyl sites for hydroxylation is 2. The van der Waals surface area contributed by atoms with Crippen molar-refractivity contribution in [2.75, 3.05) is 0 Å². The maximum atomic E-state index is 12.9.